The average Bonchev–Trinajstić information content (AvgIpc) is 3.33. The largest absolute Gasteiger partial charge is 0.337 e. The maximum atomic E-state index is 12.9. The number of piperidine rings is 1. The molecular weight excluding hydrogens is 386 g/mol. The van der Waals surface area contributed by atoms with Crippen LogP contribution in [0.3, 0.4) is 0 Å². The maximum Gasteiger partial charge on any atom is 0.274 e. The molecule has 1 aliphatic heterocycles. The molecule has 3 aromatic rings. The Kier molecular flexibility index (Phi) is 5.44. The molecule has 1 fully saturated rings. The minimum absolute atomic E-state index is 0.0179. The van der Waals surface area contributed by atoms with Crippen LogP contribution in [0.15, 0.2) is 41.8 Å². The highest BCUT2D eigenvalue weighted by Crippen LogP contribution is 2.23. The Hall–Kier alpha value is -3.00. The highest BCUT2D eigenvalue weighted by molar-refractivity contribution is 7.13. The number of nitrogens with one attached hydrogen (secondary N) is 1. The van der Waals surface area contributed by atoms with Crippen molar-refractivity contribution in [1.29, 1.82) is 0 Å². The van der Waals surface area contributed by atoms with Crippen LogP contribution in [0.2, 0.25) is 0 Å². The van der Waals surface area contributed by atoms with Crippen molar-refractivity contribution in [3.8, 4) is 5.69 Å². The lowest BCUT2D eigenvalue weighted by Crippen LogP contribution is -2.41. The number of hydrogen-bond donors (Lipinski definition) is 1. The third-order valence-electron chi connectivity index (χ3n) is 5.11. The lowest BCUT2D eigenvalue weighted by atomic mass is 9.96. The van der Waals surface area contributed by atoms with Gasteiger partial charge in [0.25, 0.3) is 5.91 Å². The molecule has 150 valence electrons. The van der Waals surface area contributed by atoms with Gasteiger partial charge in [0.15, 0.2) is 10.8 Å². The summed E-state index contributed by atoms with van der Waals surface area (Å²) in [6, 6.07) is 11.6. The molecule has 0 bridgehead atoms. The van der Waals surface area contributed by atoms with E-state index < -0.39 is 0 Å². The van der Waals surface area contributed by atoms with E-state index in [1.54, 1.807) is 9.58 Å². The molecule has 2 aromatic heterocycles. The zero-order chi connectivity index (χ0) is 20.4. The highest BCUT2D eigenvalue weighted by Gasteiger charge is 2.29. The van der Waals surface area contributed by atoms with Gasteiger partial charge in [-0.05, 0) is 44.9 Å². The molecule has 7 nitrogen and oxygen atoms in total. The smallest absolute Gasteiger partial charge is 0.274 e. The second kappa shape index (κ2) is 8.16. The van der Waals surface area contributed by atoms with Crippen LogP contribution in [-0.4, -0.2) is 44.6 Å². The number of likely N-dealkylation sites (tertiary alicyclic amines) is 1. The first-order valence-electron chi connectivity index (χ1n) is 9.65. The summed E-state index contributed by atoms with van der Waals surface area (Å²) in [6.45, 7) is 4.93. The van der Waals surface area contributed by atoms with Gasteiger partial charge >= 0.3 is 0 Å². The molecule has 2 amide bonds. The SMILES string of the molecule is Cc1csc(NC(=O)C2CCN(C(=O)c3cc(C)n(-c4ccccc4)n3)CC2)n1. The van der Waals surface area contributed by atoms with Crippen LogP contribution in [0.1, 0.15) is 34.7 Å². The number of thiazole rings is 1. The van der Waals surface area contributed by atoms with Crippen molar-refractivity contribution in [2.75, 3.05) is 18.4 Å². The monoisotopic (exact) mass is 409 g/mol. The van der Waals surface area contributed by atoms with Crippen LogP contribution in [0, 0.1) is 19.8 Å². The molecule has 3 heterocycles. The number of hydrogen-bond acceptors (Lipinski definition) is 5. The number of anilines is 1. The van der Waals surface area contributed by atoms with Crippen molar-refractivity contribution in [3.63, 3.8) is 0 Å². The van der Waals surface area contributed by atoms with E-state index in [0.29, 0.717) is 36.8 Å². The van der Waals surface area contributed by atoms with Gasteiger partial charge < -0.3 is 10.2 Å². The Morgan fingerprint density at radius 3 is 2.52 bits per heavy atom. The molecule has 0 saturated carbocycles. The van der Waals surface area contributed by atoms with Crippen molar-refractivity contribution >= 4 is 28.3 Å². The quantitative estimate of drug-likeness (QED) is 0.716. The summed E-state index contributed by atoms with van der Waals surface area (Å²) in [6.07, 6.45) is 1.28. The molecule has 1 saturated heterocycles. The van der Waals surface area contributed by atoms with E-state index in [9.17, 15) is 9.59 Å². The van der Waals surface area contributed by atoms with Gasteiger partial charge in [-0.1, -0.05) is 18.2 Å². The fourth-order valence-electron chi connectivity index (χ4n) is 3.54. The van der Waals surface area contributed by atoms with Gasteiger partial charge in [-0.2, -0.15) is 5.10 Å². The Bertz CT molecular complexity index is 1020. The van der Waals surface area contributed by atoms with E-state index >= 15 is 0 Å². The number of aryl methyl sites for hydroxylation is 2. The number of carbonyl (C=O) groups is 2. The molecular formula is C21H23N5O2S. The number of nitrogens with zero attached hydrogens (tertiary/aromatic N) is 4. The second-order valence-corrected chi connectivity index (χ2v) is 8.13. The van der Waals surface area contributed by atoms with Crippen LogP contribution in [0.25, 0.3) is 5.69 Å². The van der Waals surface area contributed by atoms with Gasteiger partial charge in [0.05, 0.1) is 11.4 Å². The molecule has 1 aliphatic rings. The predicted octanol–water partition coefficient (Wildman–Crippen LogP) is 3.44. The lowest BCUT2D eigenvalue weighted by molar-refractivity contribution is -0.121. The fourth-order valence-corrected chi connectivity index (χ4v) is 4.23. The number of amides is 2. The molecule has 0 aliphatic carbocycles. The molecule has 1 N–H and O–H groups in total. The molecule has 4 rings (SSSR count). The molecule has 8 heteroatoms. The van der Waals surface area contributed by atoms with Crippen molar-refractivity contribution < 1.29 is 9.59 Å². The third-order valence-corrected chi connectivity index (χ3v) is 5.98. The van der Waals surface area contributed by atoms with E-state index in [0.717, 1.165) is 17.1 Å². The Morgan fingerprint density at radius 2 is 1.86 bits per heavy atom. The van der Waals surface area contributed by atoms with Crippen LogP contribution in [0.4, 0.5) is 5.13 Å². The van der Waals surface area contributed by atoms with E-state index in [4.69, 9.17) is 0 Å². The van der Waals surface area contributed by atoms with Gasteiger partial charge in [-0.3, -0.25) is 9.59 Å². The molecule has 0 radical (unpaired) electrons. The summed E-state index contributed by atoms with van der Waals surface area (Å²) in [5.74, 6) is -0.209. The number of carbonyl (C=O) groups excluding carboxylic acids is 2. The van der Waals surface area contributed by atoms with E-state index in [1.165, 1.54) is 11.3 Å². The number of aromatic nitrogens is 3. The number of para-hydroxylation sites is 1. The van der Waals surface area contributed by atoms with E-state index in [-0.39, 0.29) is 17.7 Å². The summed E-state index contributed by atoms with van der Waals surface area (Å²) >= 11 is 1.43. The van der Waals surface area contributed by atoms with Gasteiger partial charge in [-0.15, -0.1) is 11.3 Å². The Labute approximate surface area is 173 Å². The summed E-state index contributed by atoms with van der Waals surface area (Å²) in [5.41, 5.74) is 3.17. The van der Waals surface area contributed by atoms with E-state index in [2.05, 4.69) is 15.4 Å². The van der Waals surface area contributed by atoms with Crippen LogP contribution in [0.5, 0.6) is 0 Å². The number of benzene rings is 1. The molecule has 1 aromatic carbocycles. The number of rotatable bonds is 4. The topological polar surface area (TPSA) is 80.1 Å². The minimum Gasteiger partial charge on any atom is -0.337 e. The summed E-state index contributed by atoms with van der Waals surface area (Å²) in [7, 11) is 0. The summed E-state index contributed by atoms with van der Waals surface area (Å²) in [5, 5.41) is 9.94. The Morgan fingerprint density at radius 1 is 1.14 bits per heavy atom. The van der Waals surface area contributed by atoms with Gasteiger partial charge in [0.1, 0.15) is 0 Å². The normalized spacial score (nSPS) is 14.8. The van der Waals surface area contributed by atoms with Crippen LogP contribution < -0.4 is 5.32 Å². The molecule has 0 spiro atoms. The van der Waals surface area contributed by atoms with Crippen molar-refractivity contribution in [1.82, 2.24) is 19.7 Å². The molecule has 0 unspecified atom stereocenters. The van der Waals surface area contributed by atoms with Gasteiger partial charge in [0, 0.05) is 30.1 Å². The standard InChI is InChI=1S/C21H23N5O2S/c1-14-13-29-21(22-14)23-19(27)16-8-10-25(11-9-16)20(28)18-12-15(2)26(24-18)17-6-4-3-5-7-17/h3-7,12-13,16H,8-11H2,1-2H3,(H,22,23,27). The zero-order valence-corrected chi connectivity index (χ0v) is 17.3. The first-order valence-corrected chi connectivity index (χ1v) is 10.5. The summed E-state index contributed by atoms with van der Waals surface area (Å²) in [4.78, 5) is 31.4. The van der Waals surface area contributed by atoms with Crippen LogP contribution in [-0.2, 0) is 4.79 Å². The average molecular weight is 410 g/mol. The van der Waals surface area contributed by atoms with E-state index in [1.807, 2.05) is 55.6 Å². The summed E-state index contributed by atoms with van der Waals surface area (Å²) < 4.78 is 1.78. The third kappa shape index (κ3) is 4.22. The van der Waals surface area contributed by atoms with Gasteiger partial charge in [-0.25, -0.2) is 9.67 Å². The highest BCUT2D eigenvalue weighted by atomic mass is 32.1. The fraction of sp³-hybridized carbons (Fsp3) is 0.333. The zero-order valence-electron chi connectivity index (χ0n) is 16.5. The van der Waals surface area contributed by atoms with Crippen LogP contribution >= 0.6 is 11.3 Å². The first-order chi connectivity index (χ1) is 14.0. The second-order valence-electron chi connectivity index (χ2n) is 7.27. The predicted molar refractivity (Wildman–Crippen MR) is 112 cm³/mol. The minimum atomic E-state index is -0.105. The van der Waals surface area contributed by atoms with Crippen molar-refractivity contribution in [2.24, 2.45) is 5.92 Å². The lowest BCUT2D eigenvalue weighted by Gasteiger charge is -2.30. The molecule has 0 atom stereocenters. The van der Waals surface area contributed by atoms with Crippen molar-refractivity contribution in [3.05, 3.63) is 58.9 Å². The van der Waals surface area contributed by atoms with Gasteiger partial charge in [0.2, 0.25) is 5.91 Å². The first kappa shape index (κ1) is 19.3. The molecule has 29 heavy (non-hydrogen) atoms. The van der Waals surface area contributed by atoms with Crippen molar-refractivity contribution in [2.45, 2.75) is 26.7 Å². The maximum absolute atomic E-state index is 12.9. The Balaban J connectivity index is 1.37.